The van der Waals surface area contributed by atoms with E-state index in [1.54, 1.807) is 25.9 Å². The van der Waals surface area contributed by atoms with Gasteiger partial charge in [-0.2, -0.15) is 0 Å². The van der Waals surface area contributed by atoms with Gasteiger partial charge in [-0.15, -0.1) is 0 Å². The molecule has 0 radical (unpaired) electrons. The maximum Gasteiger partial charge on any atom is 0.238 e. The van der Waals surface area contributed by atoms with Crippen molar-refractivity contribution < 1.29 is 14.0 Å². The van der Waals surface area contributed by atoms with E-state index in [0.717, 1.165) is 0 Å². The van der Waals surface area contributed by atoms with Crippen LogP contribution in [0.15, 0.2) is 18.2 Å². The Kier molecular flexibility index (Phi) is 6.10. The third kappa shape index (κ3) is 5.39. The second-order valence-corrected chi connectivity index (χ2v) is 5.00. The van der Waals surface area contributed by atoms with Crippen molar-refractivity contribution in [2.45, 2.75) is 6.92 Å². The van der Waals surface area contributed by atoms with E-state index < -0.39 is 5.82 Å². The van der Waals surface area contributed by atoms with Gasteiger partial charge in [-0.05, 0) is 25.2 Å². The Morgan fingerprint density at radius 2 is 2.10 bits per heavy atom. The predicted octanol–water partition coefficient (Wildman–Crippen LogP) is 0.660. The number of nitrogens with one attached hydrogen (secondary N) is 2. The van der Waals surface area contributed by atoms with Gasteiger partial charge in [0.1, 0.15) is 5.82 Å². The number of rotatable bonds is 6. The molecule has 2 amide bonds. The lowest BCUT2D eigenvalue weighted by atomic mass is 10.1. The molecular weight excluding hydrogens is 275 g/mol. The van der Waals surface area contributed by atoms with Crippen LogP contribution >= 0.6 is 0 Å². The van der Waals surface area contributed by atoms with Gasteiger partial charge in [-0.25, -0.2) is 4.39 Å². The maximum atomic E-state index is 13.0. The van der Waals surface area contributed by atoms with Crippen LogP contribution in [0.2, 0.25) is 0 Å². The first-order valence-electron chi connectivity index (χ1n) is 6.58. The molecular formula is C14H21FN4O2. The highest BCUT2D eigenvalue weighted by Crippen LogP contribution is 2.16. The van der Waals surface area contributed by atoms with Gasteiger partial charge in [0, 0.05) is 25.2 Å². The lowest BCUT2D eigenvalue weighted by molar-refractivity contribution is -0.125. The van der Waals surface area contributed by atoms with Crippen molar-refractivity contribution in [3.63, 3.8) is 0 Å². The number of hydrogen-bond acceptors (Lipinski definition) is 4. The lowest BCUT2D eigenvalue weighted by Crippen LogP contribution is -2.38. The van der Waals surface area contributed by atoms with Gasteiger partial charge in [0.25, 0.3) is 0 Å². The highest BCUT2D eigenvalue weighted by molar-refractivity contribution is 5.92. The third-order valence-electron chi connectivity index (χ3n) is 2.97. The maximum absolute atomic E-state index is 13.0. The van der Waals surface area contributed by atoms with Crippen LogP contribution in [-0.4, -0.2) is 43.9 Å². The third-order valence-corrected chi connectivity index (χ3v) is 2.97. The largest absolute Gasteiger partial charge is 0.396 e. The summed E-state index contributed by atoms with van der Waals surface area (Å²) in [6.07, 6.45) is 0. The number of likely N-dealkylation sites (N-methyl/N-ethyl adjacent to an activating group) is 1. The molecule has 0 aliphatic rings. The van der Waals surface area contributed by atoms with Crippen LogP contribution in [0, 0.1) is 11.7 Å². The van der Waals surface area contributed by atoms with Crippen LogP contribution in [0.1, 0.15) is 6.92 Å². The van der Waals surface area contributed by atoms with Crippen molar-refractivity contribution in [1.82, 2.24) is 10.2 Å². The normalized spacial score (nSPS) is 12.0. The Labute approximate surface area is 123 Å². The van der Waals surface area contributed by atoms with Crippen molar-refractivity contribution in [2.75, 3.05) is 38.2 Å². The van der Waals surface area contributed by atoms with Gasteiger partial charge in [0.05, 0.1) is 12.2 Å². The minimum Gasteiger partial charge on any atom is -0.396 e. The number of anilines is 2. The summed E-state index contributed by atoms with van der Waals surface area (Å²) in [5.41, 5.74) is 5.85. The van der Waals surface area contributed by atoms with E-state index >= 15 is 0 Å². The predicted molar refractivity (Wildman–Crippen MR) is 80.2 cm³/mol. The van der Waals surface area contributed by atoms with E-state index in [4.69, 9.17) is 5.73 Å². The van der Waals surface area contributed by atoms with E-state index in [-0.39, 0.29) is 30.0 Å². The molecule has 116 valence electrons. The van der Waals surface area contributed by atoms with Crippen LogP contribution in [0.4, 0.5) is 15.8 Å². The number of nitrogens with two attached hydrogens (primary N) is 1. The Bertz CT molecular complexity index is 522. The summed E-state index contributed by atoms with van der Waals surface area (Å²) in [4.78, 5) is 25.0. The van der Waals surface area contributed by atoms with Crippen molar-refractivity contribution in [3.8, 4) is 0 Å². The van der Waals surface area contributed by atoms with Crippen molar-refractivity contribution in [3.05, 3.63) is 24.0 Å². The zero-order chi connectivity index (χ0) is 16.0. The van der Waals surface area contributed by atoms with Crippen LogP contribution in [0.5, 0.6) is 0 Å². The number of nitrogen functional groups attached to an aromatic ring is 1. The van der Waals surface area contributed by atoms with E-state index in [2.05, 4.69) is 10.6 Å². The summed E-state index contributed by atoms with van der Waals surface area (Å²) in [6, 6.07) is 4.00. The number of benzene rings is 1. The van der Waals surface area contributed by atoms with Gasteiger partial charge in [-0.3, -0.25) is 14.5 Å². The highest BCUT2D eigenvalue weighted by Gasteiger charge is 2.15. The first-order valence-corrected chi connectivity index (χ1v) is 6.58. The summed E-state index contributed by atoms with van der Waals surface area (Å²) in [5.74, 6) is -1.07. The van der Waals surface area contributed by atoms with Gasteiger partial charge < -0.3 is 16.4 Å². The average Bonchev–Trinajstić information content (AvgIpc) is 2.41. The summed E-state index contributed by atoms with van der Waals surface area (Å²) >= 11 is 0. The van der Waals surface area contributed by atoms with Gasteiger partial charge >= 0.3 is 0 Å². The molecule has 0 aliphatic heterocycles. The molecule has 0 fully saturated rings. The number of nitrogens with zero attached hydrogens (tertiary/aromatic N) is 1. The Morgan fingerprint density at radius 3 is 2.67 bits per heavy atom. The van der Waals surface area contributed by atoms with Crippen molar-refractivity contribution in [2.24, 2.45) is 5.92 Å². The van der Waals surface area contributed by atoms with E-state index in [1.165, 1.54) is 18.2 Å². The zero-order valence-corrected chi connectivity index (χ0v) is 12.4. The van der Waals surface area contributed by atoms with Crippen LogP contribution < -0.4 is 16.4 Å². The molecule has 0 spiro atoms. The van der Waals surface area contributed by atoms with Gasteiger partial charge in [-0.1, -0.05) is 6.92 Å². The Morgan fingerprint density at radius 1 is 1.43 bits per heavy atom. The summed E-state index contributed by atoms with van der Waals surface area (Å²) in [5, 5.41) is 5.19. The zero-order valence-electron chi connectivity index (χ0n) is 12.4. The topological polar surface area (TPSA) is 87.5 Å². The molecule has 0 aromatic heterocycles. The molecule has 7 heteroatoms. The number of halogens is 1. The number of amides is 2. The summed E-state index contributed by atoms with van der Waals surface area (Å²) in [7, 11) is 3.32. The number of carbonyl (C=O) groups is 2. The summed E-state index contributed by atoms with van der Waals surface area (Å²) < 4.78 is 13.0. The molecule has 6 nitrogen and oxygen atoms in total. The van der Waals surface area contributed by atoms with Crippen LogP contribution in [-0.2, 0) is 9.59 Å². The van der Waals surface area contributed by atoms with E-state index in [9.17, 15) is 14.0 Å². The summed E-state index contributed by atoms with van der Waals surface area (Å²) in [6.45, 7) is 2.37. The van der Waals surface area contributed by atoms with Crippen molar-refractivity contribution >= 4 is 23.2 Å². The SMILES string of the molecule is CNC(=O)C(C)CN(C)CC(=O)Nc1ccc(F)c(N)c1. The van der Waals surface area contributed by atoms with Gasteiger partial charge in [0.15, 0.2) is 0 Å². The second-order valence-electron chi connectivity index (χ2n) is 5.00. The number of carbonyl (C=O) groups excluding carboxylic acids is 2. The lowest BCUT2D eigenvalue weighted by Gasteiger charge is -2.19. The number of hydrogen-bond donors (Lipinski definition) is 3. The van der Waals surface area contributed by atoms with E-state index in [0.29, 0.717) is 12.2 Å². The molecule has 0 aliphatic carbocycles. The van der Waals surface area contributed by atoms with Crippen LogP contribution in [0.25, 0.3) is 0 Å². The highest BCUT2D eigenvalue weighted by atomic mass is 19.1. The first-order chi connectivity index (χ1) is 9.83. The van der Waals surface area contributed by atoms with E-state index in [1.807, 2.05) is 0 Å². The quantitative estimate of drug-likeness (QED) is 0.673. The average molecular weight is 296 g/mol. The Hall–Kier alpha value is -2.15. The molecule has 1 atom stereocenters. The molecule has 1 aromatic carbocycles. The molecule has 0 heterocycles. The van der Waals surface area contributed by atoms with Gasteiger partial charge in [0.2, 0.25) is 11.8 Å². The fraction of sp³-hybridized carbons (Fsp3) is 0.429. The molecule has 4 N–H and O–H groups in total. The molecule has 1 aromatic rings. The van der Waals surface area contributed by atoms with Crippen molar-refractivity contribution in [1.29, 1.82) is 0 Å². The first kappa shape index (κ1) is 16.9. The molecule has 21 heavy (non-hydrogen) atoms. The molecule has 1 unspecified atom stereocenters. The molecule has 0 bridgehead atoms. The van der Waals surface area contributed by atoms with Crippen LogP contribution in [0.3, 0.4) is 0 Å². The fourth-order valence-electron chi connectivity index (χ4n) is 1.93. The minimum atomic E-state index is -0.524. The smallest absolute Gasteiger partial charge is 0.238 e. The second kappa shape index (κ2) is 7.58. The standard InChI is InChI=1S/C14H21FN4O2/c1-9(14(21)17-2)7-19(3)8-13(20)18-10-4-5-11(15)12(16)6-10/h4-6,9H,7-8,16H2,1-3H3,(H,17,21)(H,18,20). The fourth-order valence-corrected chi connectivity index (χ4v) is 1.93. The minimum absolute atomic E-state index is 0.0191. The molecule has 1 rings (SSSR count). The molecule has 0 saturated carbocycles. The Balaban J connectivity index is 2.49. The molecule has 0 saturated heterocycles. The monoisotopic (exact) mass is 296 g/mol.